The van der Waals surface area contributed by atoms with Gasteiger partial charge in [-0.3, -0.25) is 4.79 Å². The molecule has 0 saturated heterocycles. The maximum Gasteiger partial charge on any atom is 0.258 e. The molecule has 4 nitrogen and oxygen atoms in total. The van der Waals surface area contributed by atoms with Crippen LogP contribution >= 0.6 is 27.3 Å². The van der Waals surface area contributed by atoms with Crippen molar-refractivity contribution in [1.82, 2.24) is 5.32 Å². The predicted molar refractivity (Wildman–Crippen MR) is 94.8 cm³/mol. The van der Waals surface area contributed by atoms with Gasteiger partial charge in [0.2, 0.25) is 0 Å². The van der Waals surface area contributed by atoms with Crippen molar-refractivity contribution < 1.29 is 14.3 Å². The Morgan fingerprint density at radius 2 is 2.00 bits per heavy atom. The summed E-state index contributed by atoms with van der Waals surface area (Å²) >= 11 is 4.97. The van der Waals surface area contributed by atoms with Crippen LogP contribution in [-0.2, 0) is 22.6 Å². The van der Waals surface area contributed by atoms with Gasteiger partial charge in [0, 0.05) is 21.2 Å². The molecule has 6 heteroatoms. The number of hydrogen-bond acceptors (Lipinski definition) is 4. The zero-order chi connectivity index (χ0) is 16.7. The van der Waals surface area contributed by atoms with Crippen LogP contribution in [0.5, 0.6) is 5.75 Å². The van der Waals surface area contributed by atoms with Crippen LogP contribution in [0.2, 0.25) is 0 Å². The molecular weight excluding hydrogens is 378 g/mol. The standard InChI is InChI=1S/C17H18BrNO3S/c1-12(20)2-3-13-4-6-15(7-5-13)22-10-17(21)19-9-16-8-14(18)11-23-16/h4-8,11H,2-3,9-10H2,1H3,(H,19,21). The summed E-state index contributed by atoms with van der Waals surface area (Å²) in [6, 6.07) is 9.45. The van der Waals surface area contributed by atoms with E-state index in [1.54, 1.807) is 18.3 Å². The number of carbonyl (C=O) groups excluding carboxylic acids is 2. The highest BCUT2D eigenvalue weighted by atomic mass is 79.9. The lowest BCUT2D eigenvalue weighted by atomic mass is 10.1. The Bertz CT molecular complexity index is 667. The fraction of sp³-hybridized carbons (Fsp3) is 0.294. The van der Waals surface area contributed by atoms with Crippen LogP contribution in [0.25, 0.3) is 0 Å². The predicted octanol–water partition coefficient (Wildman–Crippen LogP) is 3.73. The normalized spacial score (nSPS) is 10.3. The van der Waals surface area contributed by atoms with E-state index in [1.807, 2.05) is 35.7 Å². The molecule has 1 aromatic carbocycles. The fourth-order valence-electron chi connectivity index (χ4n) is 1.90. The molecule has 2 rings (SSSR count). The number of halogens is 1. The second kappa shape index (κ2) is 8.84. The van der Waals surface area contributed by atoms with E-state index in [2.05, 4.69) is 21.2 Å². The number of amides is 1. The third kappa shape index (κ3) is 6.54. The second-order valence-electron chi connectivity index (χ2n) is 5.14. The van der Waals surface area contributed by atoms with E-state index in [0.717, 1.165) is 21.3 Å². The average molecular weight is 396 g/mol. The van der Waals surface area contributed by atoms with Gasteiger partial charge < -0.3 is 14.8 Å². The van der Waals surface area contributed by atoms with E-state index < -0.39 is 0 Å². The minimum absolute atomic E-state index is 0.0145. The Hall–Kier alpha value is -1.66. The Balaban J connectivity index is 1.72. The number of Topliss-reactive ketones (excluding diaryl/α,β-unsaturated/α-hetero) is 1. The van der Waals surface area contributed by atoms with Crippen LogP contribution < -0.4 is 10.1 Å². The fourth-order valence-corrected chi connectivity index (χ4v) is 3.30. The number of benzene rings is 1. The summed E-state index contributed by atoms with van der Waals surface area (Å²) in [4.78, 5) is 23.8. The molecule has 0 unspecified atom stereocenters. The van der Waals surface area contributed by atoms with Gasteiger partial charge in [0.05, 0.1) is 6.54 Å². The Morgan fingerprint density at radius 3 is 2.61 bits per heavy atom. The summed E-state index contributed by atoms with van der Waals surface area (Å²) in [5.41, 5.74) is 1.08. The molecule has 0 aliphatic carbocycles. The Labute approximate surface area is 148 Å². The summed E-state index contributed by atoms with van der Waals surface area (Å²) in [6.07, 6.45) is 1.27. The highest BCUT2D eigenvalue weighted by Gasteiger charge is 2.05. The quantitative estimate of drug-likeness (QED) is 0.740. The van der Waals surface area contributed by atoms with Crippen molar-refractivity contribution in [3.8, 4) is 5.75 Å². The van der Waals surface area contributed by atoms with E-state index in [9.17, 15) is 9.59 Å². The van der Waals surface area contributed by atoms with Crippen molar-refractivity contribution in [2.45, 2.75) is 26.3 Å². The number of carbonyl (C=O) groups is 2. The summed E-state index contributed by atoms with van der Waals surface area (Å²) in [7, 11) is 0. The summed E-state index contributed by atoms with van der Waals surface area (Å²) in [5.74, 6) is 0.667. The SMILES string of the molecule is CC(=O)CCc1ccc(OCC(=O)NCc2cc(Br)cs2)cc1. The van der Waals surface area contributed by atoms with Crippen molar-refractivity contribution >= 4 is 39.0 Å². The van der Waals surface area contributed by atoms with Crippen LogP contribution in [0, 0.1) is 0 Å². The van der Waals surface area contributed by atoms with Crippen molar-refractivity contribution in [3.63, 3.8) is 0 Å². The van der Waals surface area contributed by atoms with Crippen molar-refractivity contribution in [1.29, 1.82) is 0 Å². The van der Waals surface area contributed by atoms with Gasteiger partial charge in [-0.2, -0.15) is 0 Å². The van der Waals surface area contributed by atoms with Gasteiger partial charge in [0.1, 0.15) is 11.5 Å². The van der Waals surface area contributed by atoms with Gasteiger partial charge in [-0.25, -0.2) is 0 Å². The van der Waals surface area contributed by atoms with E-state index in [4.69, 9.17) is 4.74 Å². The lowest BCUT2D eigenvalue weighted by molar-refractivity contribution is -0.123. The van der Waals surface area contributed by atoms with Gasteiger partial charge in [-0.1, -0.05) is 12.1 Å². The Kier molecular flexibility index (Phi) is 6.80. The molecule has 0 aliphatic heterocycles. The van der Waals surface area contributed by atoms with E-state index >= 15 is 0 Å². The van der Waals surface area contributed by atoms with Crippen LogP contribution in [-0.4, -0.2) is 18.3 Å². The lowest BCUT2D eigenvalue weighted by Gasteiger charge is -2.07. The largest absolute Gasteiger partial charge is 0.484 e. The molecule has 0 saturated carbocycles. The first kappa shape index (κ1) is 17.7. The Morgan fingerprint density at radius 1 is 1.26 bits per heavy atom. The van der Waals surface area contributed by atoms with Gasteiger partial charge >= 0.3 is 0 Å². The number of hydrogen-bond donors (Lipinski definition) is 1. The first-order chi connectivity index (χ1) is 11.0. The molecule has 1 aromatic heterocycles. The average Bonchev–Trinajstić information content (AvgIpc) is 2.95. The van der Waals surface area contributed by atoms with E-state index in [0.29, 0.717) is 18.7 Å². The molecule has 0 fully saturated rings. The molecule has 1 heterocycles. The zero-order valence-electron chi connectivity index (χ0n) is 12.8. The highest BCUT2D eigenvalue weighted by molar-refractivity contribution is 9.10. The maximum atomic E-state index is 11.8. The summed E-state index contributed by atoms with van der Waals surface area (Å²) in [6.45, 7) is 2.08. The minimum atomic E-state index is -0.157. The van der Waals surface area contributed by atoms with Crippen LogP contribution in [0.4, 0.5) is 0 Å². The number of nitrogens with one attached hydrogen (secondary N) is 1. The third-order valence-corrected chi connectivity index (χ3v) is 4.84. The molecule has 0 spiro atoms. The highest BCUT2D eigenvalue weighted by Crippen LogP contribution is 2.19. The first-order valence-corrected chi connectivity index (χ1v) is 8.91. The molecule has 2 aromatic rings. The number of aryl methyl sites for hydroxylation is 1. The van der Waals surface area contributed by atoms with Crippen LogP contribution in [0.15, 0.2) is 40.2 Å². The molecule has 0 atom stereocenters. The lowest BCUT2D eigenvalue weighted by Crippen LogP contribution is -2.28. The monoisotopic (exact) mass is 395 g/mol. The zero-order valence-corrected chi connectivity index (χ0v) is 15.2. The number of rotatable bonds is 8. The topological polar surface area (TPSA) is 55.4 Å². The summed E-state index contributed by atoms with van der Waals surface area (Å²) in [5, 5.41) is 4.79. The molecule has 1 amide bonds. The van der Waals surface area contributed by atoms with Gasteiger partial charge in [0.25, 0.3) is 5.91 Å². The van der Waals surface area contributed by atoms with Gasteiger partial charge in [-0.15, -0.1) is 11.3 Å². The molecule has 23 heavy (non-hydrogen) atoms. The maximum absolute atomic E-state index is 11.8. The first-order valence-electron chi connectivity index (χ1n) is 7.24. The molecule has 0 radical (unpaired) electrons. The van der Waals surface area contributed by atoms with Crippen molar-refractivity contribution in [2.24, 2.45) is 0 Å². The number of thiophene rings is 1. The molecule has 0 bridgehead atoms. The smallest absolute Gasteiger partial charge is 0.258 e. The minimum Gasteiger partial charge on any atom is -0.484 e. The molecule has 1 N–H and O–H groups in total. The van der Waals surface area contributed by atoms with Crippen LogP contribution in [0.1, 0.15) is 23.8 Å². The molecule has 0 aliphatic rings. The molecule has 122 valence electrons. The van der Waals surface area contributed by atoms with E-state index in [-0.39, 0.29) is 18.3 Å². The van der Waals surface area contributed by atoms with E-state index in [1.165, 1.54) is 0 Å². The number of ketones is 1. The van der Waals surface area contributed by atoms with Gasteiger partial charge in [0.15, 0.2) is 6.61 Å². The van der Waals surface area contributed by atoms with Crippen molar-refractivity contribution in [2.75, 3.05) is 6.61 Å². The molecular formula is C17H18BrNO3S. The number of ether oxygens (including phenoxy) is 1. The van der Waals surface area contributed by atoms with Crippen LogP contribution in [0.3, 0.4) is 0 Å². The second-order valence-corrected chi connectivity index (χ2v) is 7.05. The van der Waals surface area contributed by atoms with Gasteiger partial charge in [-0.05, 0) is 53.0 Å². The third-order valence-electron chi connectivity index (χ3n) is 3.14. The summed E-state index contributed by atoms with van der Waals surface area (Å²) < 4.78 is 6.48. The van der Waals surface area contributed by atoms with Crippen molar-refractivity contribution in [3.05, 3.63) is 50.6 Å².